The van der Waals surface area contributed by atoms with Crippen molar-refractivity contribution in [1.82, 2.24) is 0 Å². The first-order chi connectivity index (χ1) is 18.1. The van der Waals surface area contributed by atoms with Gasteiger partial charge in [-0.25, -0.2) is 4.79 Å². The molecule has 1 aromatic carbocycles. The number of hydrogen-bond acceptors (Lipinski definition) is 13. The number of esters is 2. The number of carbonyl (C=O) groups is 2. The smallest absolute Gasteiger partial charge is 0.337 e. The van der Waals surface area contributed by atoms with E-state index in [0.717, 1.165) is 13.4 Å². The van der Waals surface area contributed by atoms with E-state index in [4.69, 9.17) is 23.7 Å². The van der Waals surface area contributed by atoms with E-state index in [1.54, 1.807) is 19.1 Å². The van der Waals surface area contributed by atoms with E-state index in [1.807, 2.05) is 0 Å². The van der Waals surface area contributed by atoms with Gasteiger partial charge < -0.3 is 54.3 Å². The molecule has 0 aliphatic carbocycles. The summed E-state index contributed by atoms with van der Waals surface area (Å²) < 4.78 is 26.7. The first-order valence-electron chi connectivity index (χ1n) is 11.8. The molecule has 0 saturated carbocycles. The lowest BCUT2D eigenvalue weighted by atomic mass is 9.86. The third kappa shape index (κ3) is 6.62. The molecule has 38 heavy (non-hydrogen) atoms. The number of aliphatic hydroxyl groups excluding tert-OH is 4. The van der Waals surface area contributed by atoms with E-state index in [-0.39, 0.29) is 36.5 Å². The number of rotatable bonds is 9. The molecule has 3 rings (SSSR count). The molecule has 0 spiro atoms. The summed E-state index contributed by atoms with van der Waals surface area (Å²) in [6.45, 7) is 0.912. The molecule has 1 saturated heterocycles. The number of benzene rings is 1. The zero-order chi connectivity index (χ0) is 28.0. The molecule has 6 N–H and O–H groups in total. The molecule has 13 heteroatoms. The molecule has 0 aromatic heterocycles. The molecular weight excluding hydrogens is 508 g/mol. The van der Waals surface area contributed by atoms with Crippen LogP contribution in [0.5, 0.6) is 11.5 Å². The highest BCUT2D eigenvalue weighted by atomic mass is 16.8. The standard InChI is InChI=1S/C25H32O13/c1-3-13-14(9-19(29)35-7-6-12-4-5-16(27)17(28)8-12)15(23(33)34-2)11-36-24(13)38-25-22(32)21(31)20(30)18(10-26)37-25/h3-5,8,11,14,18,20-22,24-28,30-32H,6-7,9-10H2,1-2H3/b13-3+/t14?,18?,20-,21-,22?,24+,25+/m1/s1. The van der Waals surface area contributed by atoms with Crippen molar-refractivity contribution >= 4 is 11.9 Å². The van der Waals surface area contributed by atoms with Crippen molar-refractivity contribution in [2.45, 2.75) is 56.8 Å². The maximum absolute atomic E-state index is 12.7. The van der Waals surface area contributed by atoms with Crippen molar-refractivity contribution in [3.8, 4) is 11.5 Å². The zero-order valence-corrected chi connectivity index (χ0v) is 20.8. The number of carbonyl (C=O) groups excluding carboxylic acids is 2. The van der Waals surface area contributed by atoms with E-state index < -0.39 is 61.5 Å². The minimum atomic E-state index is -1.69. The van der Waals surface area contributed by atoms with Gasteiger partial charge in [-0.15, -0.1) is 0 Å². The second-order valence-electron chi connectivity index (χ2n) is 8.71. The van der Waals surface area contributed by atoms with Gasteiger partial charge in [0.05, 0.1) is 38.6 Å². The molecule has 0 bridgehead atoms. The number of phenols is 2. The molecule has 1 aromatic rings. The first kappa shape index (κ1) is 29.4. The summed E-state index contributed by atoms with van der Waals surface area (Å²) in [5.74, 6) is -2.89. The van der Waals surface area contributed by atoms with Crippen molar-refractivity contribution in [3.05, 3.63) is 47.2 Å². The van der Waals surface area contributed by atoms with Gasteiger partial charge in [-0.2, -0.15) is 0 Å². The highest BCUT2D eigenvalue weighted by molar-refractivity contribution is 5.90. The van der Waals surface area contributed by atoms with Gasteiger partial charge in [-0.05, 0) is 24.6 Å². The Hall–Kier alpha value is -3.20. The predicted molar refractivity (Wildman–Crippen MR) is 126 cm³/mol. The Morgan fingerprint density at radius 1 is 1.08 bits per heavy atom. The third-order valence-corrected chi connectivity index (χ3v) is 6.29. The molecule has 3 unspecified atom stereocenters. The second-order valence-corrected chi connectivity index (χ2v) is 8.71. The summed E-state index contributed by atoms with van der Waals surface area (Å²) in [5.41, 5.74) is 0.927. The number of allylic oxidation sites excluding steroid dienone is 1. The quantitative estimate of drug-likeness (QED) is 0.131. The lowest BCUT2D eigenvalue weighted by Crippen LogP contribution is -2.60. The van der Waals surface area contributed by atoms with Crippen LogP contribution in [0.3, 0.4) is 0 Å². The number of phenolic OH excluding ortho intramolecular Hbond substituents is 2. The van der Waals surface area contributed by atoms with Crippen LogP contribution in [-0.2, 0) is 39.7 Å². The lowest BCUT2D eigenvalue weighted by Gasteiger charge is -2.41. The van der Waals surface area contributed by atoms with Crippen molar-refractivity contribution in [1.29, 1.82) is 0 Å². The fourth-order valence-corrected chi connectivity index (χ4v) is 4.16. The molecule has 1 fully saturated rings. The van der Waals surface area contributed by atoms with Crippen molar-refractivity contribution < 1.29 is 63.9 Å². The second kappa shape index (κ2) is 13.0. The summed E-state index contributed by atoms with van der Waals surface area (Å²) in [5, 5.41) is 58.8. The summed E-state index contributed by atoms with van der Waals surface area (Å²) in [6, 6.07) is 4.23. The SMILES string of the molecule is C/C=C1\C(CC(=O)OCCc2ccc(O)c(O)c2)C(C(=O)OC)=CO[C@H]1O[C@@H]1OC(CO)[C@@H](O)[C@@H](O)C1O. The van der Waals surface area contributed by atoms with E-state index in [9.17, 15) is 40.2 Å². The van der Waals surface area contributed by atoms with Crippen LogP contribution in [0.25, 0.3) is 0 Å². The Kier molecular flexibility index (Phi) is 10.1. The fourth-order valence-electron chi connectivity index (χ4n) is 4.16. The molecule has 210 valence electrons. The summed E-state index contributed by atoms with van der Waals surface area (Å²) in [7, 11) is 1.16. The predicted octanol–water partition coefficient (Wildman–Crippen LogP) is -0.634. The lowest BCUT2D eigenvalue weighted by molar-refractivity contribution is -0.327. The average Bonchev–Trinajstić information content (AvgIpc) is 2.90. The highest BCUT2D eigenvalue weighted by Gasteiger charge is 2.46. The van der Waals surface area contributed by atoms with Gasteiger partial charge in [0.2, 0.25) is 6.29 Å². The summed E-state index contributed by atoms with van der Waals surface area (Å²) in [4.78, 5) is 25.1. The normalized spacial score (nSPS) is 30.3. The van der Waals surface area contributed by atoms with E-state index in [2.05, 4.69) is 0 Å². The number of aromatic hydroxyl groups is 2. The van der Waals surface area contributed by atoms with Crippen LogP contribution in [0, 0.1) is 5.92 Å². The van der Waals surface area contributed by atoms with Crippen molar-refractivity contribution in [2.24, 2.45) is 5.92 Å². The van der Waals surface area contributed by atoms with Crippen LogP contribution >= 0.6 is 0 Å². The molecule has 2 aliphatic heterocycles. The van der Waals surface area contributed by atoms with Crippen LogP contribution in [0.4, 0.5) is 0 Å². The Morgan fingerprint density at radius 3 is 2.45 bits per heavy atom. The van der Waals surface area contributed by atoms with Crippen LogP contribution < -0.4 is 0 Å². The third-order valence-electron chi connectivity index (χ3n) is 6.29. The Bertz CT molecular complexity index is 1050. The van der Waals surface area contributed by atoms with Gasteiger partial charge in [-0.1, -0.05) is 12.1 Å². The number of hydrogen-bond donors (Lipinski definition) is 6. The van der Waals surface area contributed by atoms with E-state index in [0.29, 0.717) is 11.1 Å². The van der Waals surface area contributed by atoms with Crippen molar-refractivity contribution in [3.63, 3.8) is 0 Å². The van der Waals surface area contributed by atoms with Crippen LogP contribution in [0.2, 0.25) is 0 Å². The van der Waals surface area contributed by atoms with Gasteiger partial charge >= 0.3 is 11.9 Å². The number of aliphatic hydroxyl groups is 4. The molecule has 7 atom stereocenters. The molecule has 2 heterocycles. The van der Waals surface area contributed by atoms with Gasteiger partial charge in [0.1, 0.15) is 24.4 Å². The minimum absolute atomic E-state index is 0.00894. The number of methoxy groups -OCH3 is 1. The average molecular weight is 541 g/mol. The van der Waals surface area contributed by atoms with Crippen LogP contribution in [0.1, 0.15) is 18.9 Å². The van der Waals surface area contributed by atoms with E-state index >= 15 is 0 Å². The molecular formula is C25H32O13. The molecule has 2 aliphatic rings. The minimum Gasteiger partial charge on any atom is -0.504 e. The molecule has 0 radical (unpaired) electrons. The van der Waals surface area contributed by atoms with Crippen LogP contribution in [-0.4, -0.2) is 99.9 Å². The fraction of sp³-hybridized carbons (Fsp3) is 0.520. The largest absolute Gasteiger partial charge is 0.504 e. The Balaban J connectivity index is 1.71. The van der Waals surface area contributed by atoms with Gasteiger partial charge in [-0.3, -0.25) is 4.79 Å². The van der Waals surface area contributed by atoms with E-state index in [1.165, 1.54) is 12.1 Å². The maximum atomic E-state index is 12.7. The Morgan fingerprint density at radius 2 is 1.82 bits per heavy atom. The molecule has 13 nitrogen and oxygen atoms in total. The number of ether oxygens (including phenoxy) is 5. The van der Waals surface area contributed by atoms with Crippen LogP contribution in [0.15, 0.2) is 41.7 Å². The summed E-state index contributed by atoms with van der Waals surface area (Å²) >= 11 is 0. The van der Waals surface area contributed by atoms with Gasteiger partial charge in [0.25, 0.3) is 0 Å². The highest BCUT2D eigenvalue weighted by Crippen LogP contribution is 2.36. The van der Waals surface area contributed by atoms with Gasteiger partial charge in [0, 0.05) is 17.9 Å². The monoisotopic (exact) mass is 540 g/mol. The van der Waals surface area contributed by atoms with Gasteiger partial charge in [0.15, 0.2) is 17.8 Å². The zero-order valence-electron chi connectivity index (χ0n) is 20.8. The first-order valence-corrected chi connectivity index (χ1v) is 11.8. The molecule has 0 amide bonds. The Labute approximate surface area is 218 Å². The summed E-state index contributed by atoms with van der Waals surface area (Å²) in [6.07, 6.45) is -6.39. The topological polar surface area (TPSA) is 202 Å². The van der Waals surface area contributed by atoms with Crippen molar-refractivity contribution in [2.75, 3.05) is 20.3 Å². The maximum Gasteiger partial charge on any atom is 0.337 e.